The first-order valence-corrected chi connectivity index (χ1v) is 10.2. The van der Waals surface area contributed by atoms with Gasteiger partial charge in [-0.05, 0) is 50.5 Å². The Kier molecular flexibility index (Phi) is 4.99. The summed E-state index contributed by atoms with van der Waals surface area (Å²) in [6, 6.07) is 9.15. The van der Waals surface area contributed by atoms with Crippen LogP contribution in [0.4, 0.5) is 0 Å². The van der Waals surface area contributed by atoms with Crippen molar-refractivity contribution in [1.29, 1.82) is 0 Å². The highest BCUT2D eigenvalue weighted by Crippen LogP contribution is 2.23. The van der Waals surface area contributed by atoms with Gasteiger partial charge < -0.3 is 9.32 Å². The van der Waals surface area contributed by atoms with Crippen molar-refractivity contribution < 1.29 is 17.6 Å². The zero-order chi connectivity index (χ0) is 18.0. The summed E-state index contributed by atoms with van der Waals surface area (Å²) in [6.45, 7) is 4.86. The third-order valence-electron chi connectivity index (χ3n) is 4.77. The van der Waals surface area contributed by atoms with Crippen molar-refractivity contribution in [2.45, 2.75) is 37.7 Å². The molecule has 0 N–H and O–H groups in total. The minimum Gasteiger partial charge on any atom is -0.468 e. The molecule has 1 fully saturated rings. The second-order valence-corrected chi connectivity index (χ2v) is 8.98. The molecule has 1 aliphatic rings. The number of piperidine rings is 1. The Balaban J connectivity index is 1.64. The number of hydrogen-bond donors (Lipinski definition) is 0. The Hall–Kier alpha value is -2.08. The molecule has 1 aromatic heterocycles. The Morgan fingerprint density at radius 3 is 2.52 bits per heavy atom. The van der Waals surface area contributed by atoms with Gasteiger partial charge in [0.05, 0.1) is 11.5 Å². The van der Waals surface area contributed by atoms with Gasteiger partial charge in [0.15, 0.2) is 9.84 Å². The summed E-state index contributed by atoms with van der Waals surface area (Å²) in [7, 11) is -3.27. The van der Waals surface area contributed by atoms with Gasteiger partial charge in [-0.25, -0.2) is 8.42 Å². The number of amides is 1. The van der Waals surface area contributed by atoms with Crippen LogP contribution in [0.2, 0.25) is 0 Å². The molecule has 3 rings (SSSR count). The van der Waals surface area contributed by atoms with E-state index in [1.54, 1.807) is 17.0 Å². The average molecular weight is 361 g/mol. The van der Waals surface area contributed by atoms with Gasteiger partial charge in [-0.3, -0.25) is 4.79 Å². The highest BCUT2D eigenvalue weighted by molar-refractivity contribution is 7.91. The fraction of sp³-hybridized carbons (Fsp3) is 0.421. The van der Waals surface area contributed by atoms with E-state index < -0.39 is 15.1 Å². The number of sulfone groups is 1. The normalized spacial score (nSPS) is 16.2. The maximum absolute atomic E-state index is 12.7. The van der Waals surface area contributed by atoms with Crippen LogP contribution in [0.25, 0.3) is 0 Å². The molecule has 0 bridgehead atoms. The third kappa shape index (κ3) is 3.95. The summed E-state index contributed by atoms with van der Waals surface area (Å²) in [5.41, 5.74) is 2.77. The molecule has 0 spiro atoms. The molecule has 25 heavy (non-hydrogen) atoms. The van der Waals surface area contributed by atoms with Crippen molar-refractivity contribution >= 4 is 15.7 Å². The van der Waals surface area contributed by atoms with Gasteiger partial charge in [-0.15, -0.1) is 0 Å². The lowest BCUT2D eigenvalue weighted by Crippen LogP contribution is -2.43. The van der Waals surface area contributed by atoms with Gasteiger partial charge in [-0.1, -0.05) is 17.7 Å². The summed E-state index contributed by atoms with van der Waals surface area (Å²) < 4.78 is 30.2. The number of likely N-dealkylation sites (tertiary alicyclic amines) is 1. The average Bonchev–Trinajstić information content (AvgIpc) is 3.07. The number of hydrogen-bond acceptors (Lipinski definition) is 4. The number of carbonyl (C=O) groups excluding carboxylic acids is 1. The number of carbonyl (C=O) groups is 1. The molecule has 6 heteroatoms. The SMILES string of the molecule is Cc1ccc(C(=O)N2CCC(S(=O)(=O)Cc3ccco3)CC2)c(C)c1. The molecule has 2 heterocycles. The molecule has 0 aliphatic carbocycles. The molecule has 1 amide bonds. The Morgan fingerprint density at radius 2 is 1.92 bits per heavy atom. The number of rotatable bonds is 4. The first-order chi connectivity index (χ1) is 11.9. The minimum absolute atomic E-state index is 0.0145. The van der Waals surface area contributed by atoms with Crippen LogP contribution in [-0.4, -0.2) is 37.6 Å². The minimum atomic E-state index is -3.27. The molecular weight excluding hydrogens is 338 g/mol. The van der Waals surface area contributed by atoms with E-state index in [9.17, 15) is 13.2 Å². The lowest BCUT2D eigenvalue weighted by molar-refractivity contribution is 0.0725. The quantitative estimate of drug-likeness (QED) is 0.839. The van der Waals surface area contributed by atoms with Gasteiger partial charge in [0.1, 0.15) is 11.5 Å². The molecule has 1 aromatic carbocycles. The fourth-order valence-electron chi connectivity index (χ4n) is 3.35. The van der Waals surface area contributed by atoms with Crippen LogP contribution < -0.4 is 0 Å². The number of benzene rings is 1. The van der Waals surface area contributed by atoms with Crippen LogP contribution in [0.3, 0.4) is 0 Å². The van der Waals surface area contributed by atoms with Gasteiger partial charge in [0.25, 0.3) is 5.91 Å². The van der Waals surface area contributed by atoms with Gasteiger partial charge >= 0.3 is 0 Å². The second kappa shape index (κ2) is 7.04. The maximum atomic E-state index is 12.7. The molecular formula is C19H23NO4S. The van der Waals surface area contributed by atoms with E-state index in [0.29, 0.717) is 37.3 Å². The predicted molar refractivity (Wildman–Crippen MR) is 96.2 cm³/mol. The maximum Gasteiger partial charge on any atom is 0.254 e. The number of aryl methyl sites for hydroxylation is 2. The van der Waals surface area contributed by atoms with E-state index in [2.05, 4.69) is 0 Å². The van der Waals surface area contributed by atoms with E-state index in [1.165, 1.54) is 6.26 Å². The van der Waals surface area contributed by atoms with Crippen molar-refractivity contribution in [3.8, 4) is 0 Å². The van der Waals surface area contributed by atoms with Crippen LogP contribution >= 0.6 is 0 Å². The lowest BCUT2D eigenvalue weighted by Gasteiger charge is -2.32. The molecule has 0 atom stereocenters. The van der Waals surface area contributed by atoms with E-state index in [1.807, 2.05) is 32.0 Å². The first kappa shape index (κ1) is 17.7. The van der Waals surface area contributed by atoms with Crippen LogP contribution in [0.5, 0.6) is 0 Å². The molecule has 0 saturated carbocycles. The monoisotopic (exact) mass is 361 g/mol. The van der Waals surface area contributed by atoms with Gasteiger partial charge in [-0.2, -0.15) is 0 Å². The molecule has 5 nitrogen and oxygen atoms in total. The molecule has 0 unspecified atom stereocenters. The molecule has 2 aromatic rings. The highest BCUT2D eigenvalue weighted by Gasteiger charge is 2.32. The van der Waals surface area contributed by atoms with Crippen molar-refractivity contribution in [2.75, 3.05) is 13.1 Å². The predicted octanol–water partition coefficient (Wildman–Crippen LogP) is 3.12. The number of nitrogens with zero attached hydrogens (tertiary/aromatic N) is 1. The summed E-state index contributed by atoms with van der Waals surface area (Å²) in [6.07, 6.45) is 2.43. The van der Waals surface area contributed by atoms with Crippen LogP contribution in [0.15, 0.2) is 41.0 Å². The summed E-state index contributed by atoms with van der Waals surface area (Å²) >= 11 is 0. The fourth-order valence-corrected chi connectivity index (χ4v) is 5.08. The van der Waals surface area contributed by atoms with Gasteiger partial charge in [0, 0.05) is 18.7 Å². The smallest absolute Gasteiger partial charge is 0.254 e. The summed E-state index contributed by atoms with van der Waals surface area (Å²) in [5, 5.41) is -0.416. The van der Waals surface area contributed by atoms with E-state index in [-0.39, 0.29) is 11.7 Å². The molecule has 0 radical (unpaired) electrons. The van der Waals surface area contributed by atoms with Crippen LogP contribution in [0, 0.1) is 13.8 Å². The van der Waals surface area contributed by atoms with Gasteiger partial charge in [0.2, 0.25) is 0 Å². The zero-order valence-electron chi connectivity index (χ0n) is 14.6. The summed E-state index contributed by atoms with van der Waals surface area (Å²) in [5.74, 6) is 0.378. The Morgan fingerprint density at radius 1 is 1.20 bits per heavy atom. The zero-order valence-corrected chi connectivity index (χ0v) is 15.4. The van der Waals surface area contributed by atoms with E-state index >= 15 is 0 Å². The van der Waals surface area contributed by atoms with Crippen LogP contribution in [0.1, 0.15) is 40.1 Å². The molecule has 1 saturated heterocycles. The molecule has 134 valence electrons. The molecule has 1 aliphatic heterocycles. The number of furan rings is 1. The van der Waals surface area contributed by atoms with E-state index in [4.69, 9.17) is 4.42 Å². The Labute approximate surface area is 148 Å². The Bertz CT molecular complexity index is 848. The van der Waals surface area contributed by atoms with Crippen molar-refractivity contribution in [2.24, 2.45) is 0 Å². The lowest BCUT2D eigenvalue weighted by atomic mass is 10.0. The van der Waals surface area contributed by atoms with Crippen LogP contribution in [-0.2, 0) is 15.6 Å². The largest absolute Gasteiger partial charge is 0.468 e. The highest BCUT2D eigenvalue weighted by atomic mass is 32.2. The van der Waals surface area contributed by atoms with Crippen molar-refractivity contribution in [3.63, 3.8) is 0 Å². The second-order valence-electron chi connectivity index (χ2n) is 6.70. The third-order valence-corrected chi connectivity index (χ3v) is 6.95. The standard InChI is InChI=1S/C19H23NO4S/c1-14-5-6-18(15(2)12-14)19(21)20-9-7-17(8-10-20)25(22,23)13-16-4-3-11-24-16/h3-6,11-12,17H,7-10,13H2,1-2H3. The first-order valence-electron chi connectivity index (χ1n) is 8.47. The summed E-state index contributed by atoms with van der Waals surface area (Å²) in [4.78, 5) is 14.5. The van der Waals surface area contributed by atoms with Crippen molar-refractivity contribution in [3.05, 3.63) is 59.0 Å². The topological polar surface area (TPSA) is 67.6 Å². The van der Waals surface area contributed by atoms with E-state index in [0.717, 1.165) is 11.1 Å². The van der Waals surface area contributed by atoms with Crippen molar-refractivity contribution in [1.82, 2.24) is 4.90 Å².